The summed E-state index contributed by atoms with van der Waals surface area (Å²) in [7, 11) is 0. The van der Waals surface area contributed by atoms with Gasteiger partial charge >= 0.3 is 0 Å². The van der Waals surface area contributed by atoms with Crippen molar-refractivity contribution in [2.24, 2.45) is 5.10 Å². The van der Waals surface area contributed by atoms with Crippen LogP contribution in [0, 0.1) is 0 Å². The summed E-state index contributed by atoms with van der Waals surface area (Å²) in [5.41, 5.74) is 4.34. The number of rotatable bonds is 6. The molecule has 1 aliphatic rings. The first-order valence-corrected chi connectivity index (χ1v) is 7.40. The number of carbonyl (C=O) groups is 2. The molecule has 21 heavy (non-hydrogen) atoms. The highest BCUT2D eigenvalue weighted by Gasteiger charge is 2.33. The third-order valence-corrected chi connectivity index (χ3v) is 3.46. The summed E-state index contributed by atoms with van der Waals surface area (Å²) < 4.78 is 0. The molecule has 1 aromatic rings. The molecular formula is C16H21N3O2. The van der Waals surface area contributed by atoms with E-state index in [2.05, 4.69) is 17.5 Å². The molecule has 2 rings (SSSR count). The van der Waals surface area contributed by atoms with Gasteiger partial charge in [0.05, 0.1) is 5.69 Å². The Labute approximate surface area is 125 Å². The lowest BCUT2D eigenvalue weighted by atomic mass is 10.1. The molecule has 5 heteroatoms. The van der Waals surface area contributed by atoms with Crippen LogP contribution in [0.5, 0.6) is 0 Å². The molecule has 0 saturated carbocycles. The number of unbranched alkanes of at least 4 members (excludes halogenated alkanes) is 3. The maximum atomic E-state index is 12.5. The average molecular weight is 287 g/mol. The van der Waals surface area contributed by atoms with Crippen LogP contribution in [0.2, 0.25) is 0 Å². The van der Waals surface area contributed by atoms with Gasteiger partial charge in [0.25, 0.3) is 5.91 Å². The highest BCUT2D eigenvalue weighted by atomic mass is 16.2. The molecule has 0 radical (unpaired) electrons. The van der Waals surface area contributed by atoms with Crippen LogP contribution in [-0.2, 0) is 9.59 Å². The van der Waals surface area contributed by atoms with Crippen molar-refractivity contribution in [2.45, 2.75) is 39.5 Å². The van der Waals surface area contributed by atoms with E-state index < -0.39 is 0 Å². The van der Waals surface area contributed by atoms with Crippen LogP contribution in [0.15, 0.2) is 29.4 Å². The van der Waals surface area contributed by atoms with Crippen molar-refractivity contribution in [1.82, 2.24) is 5.43 Å². The second-order valence-corrected chi connectivity index (χ2v) is 5.16. The Balaban J connectivity index is 2.18. The second kappa shape index (κ2) is 7.02. The molecule has 0 spiro atoms. The van der Waals surface area contributed by atoms with Gasteiger partial charge in [-0.05, 0) is 12.5 Å². The fraction of sp³-hybridized carbons (Fsp3) is 0.438. The number of carbonyl (C=O) groups excluding carboxylic acids is 2. The van der Waals surface area contributed by atoms with Crippen LogP contribution in [0.1, 0.15) is 45.1 Å². The fourth-order valence-corrected chi connectivity index (χ4v) is 2.42. The average Bonchev–Trinajstić information content (AvgIpc) is 2.74. The van der Waals surface area contributed by atoms with Crippen LogP contribution >= 0.6 is 0 Å². The third kappa shape index (κ3) is 3.48. The molecule has 2 amide bonds. The summed E-state index contributed by atoms with van der Waals surface area (Å²) in [4.78, 5) is 25.2. The number of fused-ring (bicyclic) bond motifs is 1. The van der Waals surface area contributed by atoms with Gasteiger partial charge in [-0.1, -0.05) is 44.4 Å². The van der Waals surface area contributed by atoms with Crippen molar-refractivity contribution in [3.63, 3.8) is 0 Å². The predicted molar refractivity (Wildman–Crippen MR) is 83.3 cm³/mol. The zero-order chi connectivity index (χ0) is 15.2. The van der Waals surface area contributed by atoms with Crippen molar-refractivity contribution >= 4 is 23.2 Å². The van der Waals surface area contributed by atoms with Gasteiger partial charge in [0.2, 0.25) is 5.91 Å². The highest BCUT2D eigenvalue weighted by Crippen LogP contribution is 2.29. The number of nitrogens with one attached hydrogen (secondary N) is 1. The third-order valence-electron chi connectivity index (χ3n) is 3.46. The number of nitrogens with zero attached hydrogens (tertiary/aromatic N) is 2. The topological polar surface area (TPSA) is 61.8 Å². The van der Waals surface area contributed by atoms with E-state index in [1.54, 1.807) is 4.90 Å². The Bertz CT molecular complexity index is 566. The van der Waals surface area contributed by atoms with Gasteiger partial charge in [0.15, 0.2) is 5.71 Å². The molecule has 0 unspecified atom stereocenters. The number of anilines is 1. The van der Waals surface area contributed by atoms with Crippen molar-refractivity contribution in [1.29, 1.82) is 0 Å². The lowest BCUT2D eigenvalue weighted by molar-refractivity contribution is -0.118. The molecule has 1 heterocycles. The molecule has 0 fully saturated rings. The Morgan fingerprint density at radius 3 is 2.71 bits per heavy atom. The molecule has 0 saturated heterocycles. The van der Waals surface area contributed by atoms with Gasteiger partial charge in [-0.3, -0.25) is 9.59 Å². The van der Waals surface area contributed by atoms with Gasteiger partial charge in [-0.15, -0.1) is 0 Å². The SMILES string of the molecule is CCCCCCN1C(=O)/C(=N\NC(C)=O)c2ccccc21. The zero-order valence-corrected chi connectivity index (χ0v) is 12.6. The Morgan fingerprint density at radius 2 is 2.00 bits per heavy atom. The molecule has 0 aromatic heterocycles. The van der Waals surface area contributed by atoms with E-state index in [-0.39, 0.29) is 11.8 Å². The molecule has 0 atom stereocenters. The lowest BCUT2D eigenvalue weighted by Crippen LogP contribution is -2.32. The minimum absolute atomic E-state index is 0.138. The maximum Gasteiger partial charge on any atom is 0.279 e. The van der Waals surface area contributed by atoms with Crippen molar-refractivity contribution in [3.8, 4) is 0 Å². The van der Waals surface area contributed by atoms with E-state index in [4.69, 9.17) is 0 Å². The zero-order valence-electron chi connectivity index (χ0n) is 12.6. The Kier molecular flexibility index (Phi) is 5.09. The van der Waals surface area contributed by atoms with E-state index >= 15 is 0 Å². The number of hydrogen-bond acceptors (Lipinski definition) is 3. The standard InChI is InChI=1S/C16H21N3O2/c1-3-4-5-8-11-19-14-10-7-6-9-13(14)15(16(19)21)18-17-12(2)20/h6-7,9-10H,3-5,8,11H2,1-2H3,(H,17,20)/b18-15-. The van der Waals surface area contributed by atoms with Crippen LogP contribution in [-0.4, -0.2) is 24.1 Å². The summed E-state index contributed by atoms with van der Waals surface area (Å²) in [5.74, 6) is -0.421. The molecular weight excluding hydrogens is 266 g/mol. The van der Waals surface area contributed by atoms with E-state index in [0.717, 1.165) is 24.1 Å². The Morgan fingerprint density at radius 1 is 1.24 bits per heavy atom. The monoisotopic (exact) mass is 287 g/mol. The molecule has 0 aliphatic carbocycles. The van der Waals surface area contributed by atoms with Gasteiger partial charge in [0, 0.05) is 19.0 Å². The van der Waals surface area contributed by atoms with E-state index in [9.17, 15) is 9.59 Å². The molecule has 112 valence electrons. The molecule has 5 nitrogen and oxygen atoms in total. The summed E-state index contributed by atoms with van der Waals surface area (Å²) in [6.07, 6.45) is 4.43. The summed E-state index contributed by atoms with van der Waals surface area (Å²) in [6.45, 7) is 4.22. The second-order valence-electron chi connectivity index (χ2n) is 5.16. The van der Waals surface area contributed by atoms with Crippen LogP contribution in [0.3, 0.4) is 0 Å². The van der Waals surface area contributed by atoms with E-state index in [1.807, 2.05) is 24.3 Å². The largest absolute Gasteiger partial charge is 0.306 e. The summed E-state index contributed by atoms with van der Waals surface area (Å²) >= 11 is 0. The summed E-state index contributed by atoms with van der Waals surface area (Å²) in [6, 6.07) is 7.56. The summed E-state index contributed by atoms with van der Waals surface area (Å²) in [5, 5.41) is 3.97. The predicted octanol–water partition coefficient (Wildman–Crippen LogP) is 2.45. The first kappa shape index (κ1) is 15.2. The lowest BCUT2D eigenvalue weighted by Gasteiger charge is -2.16. The fourth-order valence-electron chi connectivity index (χ4n) is 2.42. The number of hydrogen-bond donors (Lipinski definition) is 1. The quantitative estimate of drug-likeness (QED) is 0.645. The minimum atomic E-state index is -0.283. The van der Waals surface area contributed by atoms with Crippen LogP contribution in [0.25, 0.3) is 0 Å². The van der Waals surface area contributed by atoms with Crippen LogP contribution in [0.4, 0.5) is 5.69 Å². The molecule has 1 N–H and O–H groups in total. The van der Waals surface area contributed by atoms with Gasteiger partial charge < -0.3 is 4.90 Å². The number of para-hydroxylation sites is 1. The van der Waals surface area contributed by atoms with Crippen molar-refractivity contribution in [3.05, 3.63) is 29.8 Å². The molecule has 1 aliphatic heterocycles. The normalized spacial score (nSPS) is 15.4. The first-order valence-electron chi connectivity index (χ1n) is 7.40. The number of amides is 2. The van der Waals surface area contributed by atoms with E-state index in [1.165, 1.54) is 19.8 Å². The Hall–Kier alpha value is -2.17. The minimum Gasteiger partial charge on any atom is -0.306 e. The van der Waals surface area contributed by atoms with Gasteiger partial charge in [0.1, 0.15) is 0 Å². The van der Waals surface area contributed by atoms with Crippen LogP contribution < -0.4 is 10.3 Å². The van der Waals surface area contributed by atoms with Gasteiger partial charge in [-0.2, -0.15) is 5.10 Å². The smallest absolute Gasteiger partial charge is 0.279 e. The van der Waals surface area contributed by atoms with E-state index in [0.29, 0.717) is 12.3 Å². The van der Waals surface area contributed by atoms with Crippen molar-refractivity contribution < 1.29 is 9.59 Å². The molecule has 1 aromatic carbocycles. The first-order chi connectivity index (χ1) is 10.1. The number of hydrazone groups is 1. The van der Waals surface area contributed by atoms with Gasteiger partial charge in [-0.25, -0.2) is 5.43 Å². The number of benzene rings is 1. The maximum absolute atomic E-state index is 12.5. The highest BCUT2D eigenvalue weighted by molar-refractivity contribution is 6.54. The molecule has 0 bridgehead atoms. The van der Waals surface area contributed by atoms with Crippen molar-refractivity contribution in [2.75, 3.05) is 11.4 Å².